The first-order valence-electron chi connectivity index (χ1n) is 12.1. The van der Waals surface area contributed by atoms with E-state index in [0.717, 1.165) is 61.9 Å². The van der Waals surface area contributed by atoms with Crippen LogP contribution in [0, 0.1) is 0 Å². The minimum atomic E-state index is 0.0949. The normalized spacial score (nSPS) is 11.7. The Bertz CT molecular complexity index is 1800. The molecule has 0 atom stereocenters. The van der Waals surface area contributed by atoms with Gasteiger partial charge in [-0.25, -0.2) is 4.98 Å². The van der Waals surface area contributed by atoms with Crippen LogP contribution in [0.15, 0.2) is 109 Å². The molecule has 4 aromatic carbocycles. The maximum atomic E-state index is 13.0. The number of rotatable bonds is 4. The molecule has 0 spiro atoms. The first kappa shape index (κ1) is 21.2. The first-order chi connectivity index (χ1) is 18.2. The predicted octanol–water partition coefficient (Wildman–Crippen LogP) is 6.63. The zero-order valence-electron chi connectivity index (χ0n) is 19.8. The van der Waals surface area contributed by atoms with Crippen molar-refractivity contribution in [3.05, 3.63) is 120 Å². The highest BCUT2D eigenvalue weighted by Crippen LogP contribution is 2.39. The third-order valence-electron chi connectivity index (χ3n) is 6.76. The number of ketones is 1. The average molecular weight is 480 g/mol. The van der Waals surface area contributed by atoms with Crippen molar-refractivity contribution in [2.75, 3.05) is 5.32 Å². The summed E-state index contributed by atoms with van der Waals surface area (Å²) in [6.07, 6.45) is 2.10. The Kier molecular flexibility index (Phi) is 4.89. The van der Waals surface area contributed by atoms with Gasteiger partial charge in [-0.05, 0) is 46.7 Å². The van der Waals surface area contributed by atoms with Crippen LogP contribution < -0.4 is 5.32 Å². The van der Waals surface area contributed by atoms with Gasteiger partial charge in [0.2, 0.25) is 0 Å². The molecule has 3 heterocycles. The summed E-state index contributed by atoms with van der Waals surface area (Å²) in [5.74, 6) is 2.31. The lowest BCUT2D eigenvalue weighted by Gasteiger charge is -2.11. The number of pyridine rings is 1. The van der Waals surface area contributed by atoms with E-state index in [0.29, 0.717) is 6.42 Å². The van der Waals surface area contributed by atoms with E-state index >= 15 is 0 Å². The fraction of sp³-hybridized carbons (Fsp3) is 0.0323. The smallest absolute Gasteiger partial charge is 0.171 e. The molecular formula is C31H21N5O. The third-order valence-corrected chi connectivity index (χ3v) is 6.76. The van der Waals surface area contributed by atoms with Gasteiger partial charge in [0.25, 0.3) is 0 Å². The van der Waals surface area contributed by atoms with Gasteiger partial charge >= 0.3 is 0 Å². The number of hydrogen-bond donors (Lipinski definition) is 1. The second-order valence-corrected chi connectivity index (χ2v) is 9.08. The number of fused-ring (bicyclic) bond motifs is 6. The van der Waals surface area contributed by atoms with E-state index in [9.17, 15) is 4.79 Å². The number of para-hydroxylation sites is 1. The number of benzene rings is 4. The van der Waals surface area contributed by atoms with E-state index in [4.69, 9.17) is 0 Å². The molecule has 7 rings (SSSR count). The van der Waals surface area contributed by atoms with Gasteiger partial charge in [0.15, 0.2) is 23.2 Å². The Labute approximate surface area is 213 Å². The van der Waals surface area contributed by atoms with Crippen LogP contribution in [0.3, 0.4) is 0 Å². The van der Waals surface area contributed by atoms with Gasteiger partial charge in [-0.1, -0.05) is 72.8 Å². The molecule has 0 radical (unpaired) electrons. The highest BCUT2D eigenvalue weighted by atomic mass is 16.1. The molecule has 176 valence electrons. The molecule has 37 heavy (non-hydrogen) atoms. The van der Waals surface area contributed by atoms with Crippen LogP contribution in [0.2, 0.25) is 0 Å². The van der Waals surface area contributed by atoms with Gasteiger partial charge in [0.05, 0.1) is 11.4 Å². The van der Waals surface area contributed by atoms with Gasteiger partial charge in [-0.3, -0.25) is 9.36 Å². The molecule has 6 aromatic rings. The average Bonchev–Trinajstić information content (AvgIpc) is 3.33. The summed E-state index contributed by atoms with van der Waals surface area (Å²) >= 11 is 0. The molecular weight excluding hydrogens is 458 g/mol. The van der Waals surface area contributed by atoms with Crippen molar-refractivity contribution in [3.8, 4) is 28.5 Å². The highest BCUT2D eigenvalue weighted by molar-refractivity contribution is 6.01. The SMILES string of the molecule is O=C(Cc1ccc(-c2nnc3n2-c2cccnc2Nc2ccccc2-3)cc1)c1ccc2ccccc2c1. The van der Waals surface area contributed by atoms with Crippen LogP contribution in [-0.4, -0.2) is 25.5 Å². The van der Waals surface area contributed by atoms with E-state index in [2.05, 4.69) is 26.6 Å². The molecule has 1 aliphatic heterocycles. The zero-order valence-corrected chi connectivity index (χ0v) is 19.8. The van der Waals surface area contributed by atoms with Crippen molar-refractivity contribution < 1.29 is 4.79 Å². The van der Waals surface area contributed by atoms with Crippen molar-refractivity contribution in [3.63, 3.8) is 0 Å². The number of aromatic nitrogens is 4. The molecule has 0 saturated carbocycles. The largest absolute Gasteiger partial charge is 0.338 e. The molecule has 0 aliphatic carbocycles. The van der Waals surface area contributed by atoms with Gasteiger partial charge in [-0.15, -0.1) is 10.2 Å². The van der Waals surface area contributed by atoms with Crippen LogP contribution in [-0.2, 0) is 6.42 Å². The highest BCUT2D eigenvalue weighted by Gasteiger charge is 2.24. The lowest BCUT2D eigenvalue weighted by molar-refractivity contribution is 0.0993. The quantitative estimate of drug-likeness (QED) is 0.287. The molecule has 1 N–H and O–H groups in total. The summed E-state index contributed by atoms with van der Waals surface area (Å²) < 4.78 is 2.04. The number of Topliss-reactive ketones (excluding diaryl/α,β-unsaturated/α-hetero) is 1. The van der Waals surface area contributed by atoms with Gasteiger partial charge in [0.1, 0.15) is 0 Å². The monoisotopic (exact) mass is 479 g/mol. The zero-order chi connectivity index (χ0) is 24.8. The van der Waals surface area contributed by atoms with Gasteiger partial charge < -0.3 is 5.32 Å². The molecule has 2 aromatic heterocycles. The van der Waals surface area contributed by atoms with Crippen LogP contribution in [0.4, 0.5) is 11.5 Å². The van der Waals surface area contributed by atoms with Crippen LogP contribution in [0.25, 0.3) is 39.2 Å². The van der Waals surface area contributed by atoms with Gasteiger partial charge in [-0.2, -0.15) is 0 Å². The molecule has 6 nitrogen and oxygen atoms in total. The number of hydrogen-bond acceptors (Lipinski definition) is 5. The van der Waals surface area contributed by atoms with Crippen molar-refractivity contribution in [2.24, 2.45) is 0 Å². The minimum Gasteiger partial charge on any atom is -0.338 e. The Balaban J connectivity index is 1.23. The van der Waals surface area contributed by atoms with Crippen LogP contribution >= 0.6 is 0 Å². The van der Waals surface area contributed by atoms with E-state index in [1.165, 1.54) is 0 Å². The fourth-order valence-corrected chi connectivity index (χ4v) is 4.88. The molecule has 0 fully saturated rings. The number of nitrogens with one attached hydrogen (secondary N) is 1. The Morgan fingerprint density at radius 2 is 1.54 bits per heavy atom. The van der Waals surface area contributed by atoms with Crippen molar-refractivity contribution in [1.82, 2.24) is 19.7 Å². The first-order valence-corrected chi connectivity index (χ1v) is 12.1. The second kappa shape index (κ2) is 8.53. The molecule has 0 saturated heterocycles. The van der Waals surface area contributed by atoms with Gasteiger partial charge in [0, 0.05) is 29.3 Å². The Morgan fingerprint density at radius 3 is 2.43 bits per heavy atom. The molecule has 6 heteroatoms. The van der Waals surface area contributed by atoms with Crippen LogP contribution in [0.1, 0.15) is 15.9 Å². The van der Waals surface area contributed by atoms with E-state index < -0.39 is 0 Å². The van der Waals surface area contributed by atoms with Crippen LogP contribution in [0.5, 0.6) is 0 Å². The summed E-state index contributed by atoms with van der Waals surface area (Å²) in [5.41, 5.74) is 5.35. The molecule has 1 aliphatic rings. The van der Waals surface area contributed by atoms with E-state index in [1.807, 2.05) is 102 Å². The fourth-order valence-electron chi connectivity index (χ4n) is 4.88. The lowest BCUT2D eigenvalue weighted by Crippen LogP contribution is -2.04. The summed E-state index contributed by atoms with van der Waals surface area (Å²) in [4.78, 5) is 17.6. The maximum Gasteiger partial charge on any atom is 0.171 e. The topological polar surface area (TPSA) is 72.7 Å². The lowest BCUT2D eigenvalue weighted by atomic mass is 9.99. The van der Waals surface area contributed by atoms with Crippen molar-refractivity contribution >= 4 is 28.1 Å². The minimum absolute atomic E-state index is 0.0949. The second-order valence-electron chi connectivity index (χ2n) is 9.08. The summed E-state index contributed by atoms with van der Waals surface area (Å²) in [6.45, 7) is 0. The number of carbonyl (C=O) groups is 1. The number of anilines is 2. The molecule has 0 amide bonds. The van der Waals surface area contributed by atoms with E-state index in [-0.39, 0.29) is 5.78 Å². The predicted molar refractivity (Wildman–Crippen MR) is 145 cm³/mol. The third kappa shape index (κ3) is 3.67. The standard InChI is InChI=1S/C31H21N5O/c37-28(24-16-15-21-6-1-2-7-23(21)19-24)18-20-11-13-22(14-12-20)30-34-35-31-25-8-3-4-9-26(25)33-29-27(36(30)31)10-5-17-32-29/h1-17,19H,18H2,(H,32,33). The maximum absolute atomic E-state index is 13.0. The Morgan fingerprint density at radius 1 is 0.757 bits per heavy atom. The molecule has 0 bridgehead atoms. The Hall–Kier alpha value is -5.10. The summed E-state index contributed by atoms with van der Waals surface area (Å²) in [7, 11) is 0. The van der Waals surface area contributed by atoms with Crippen molar-refractivity contribution in [2.45, 2.75) is 6.42 Å². The number of nitrogens with zero attached hydrogens (tertiary/aromatic N) is 4. The van der Waals surface area contributed by atoms with E-state index in [1.54, 1.807) is 6.20 Å². The van der Waals surface area contributed by atoms with Crippen molar-refractivity contribution in [1.29, 1.82) is 0 Å². The summed E-state index contributed by atoms with van der Waals surface area (Å²) in [6, 6.07) is 33.9. The summed E-state index contributed by atoms with van der Waals surface area (Å²) in [5, 5.41) is 14.8. The number of carbonyl (C=O) groups excluding carboxylic acids is 1. The molecule has 0 unspecified atom stereocenters.